The third kappa shape index (κ3) is 2.59. The van der Waals surface area contributed by atoms with Crippen molar-refractivity contribution >= 4 is 17.3 Å². The minimum absolute atomic E-state index is 0.0304. The molecule has 0 unspecified atom stereocenters. The maximum atomic E-state index is 14.1. The fourth-order valence-corrected chi connectivity index (χ4v) is 2.58. The maximum absolute atomic E-state index is 14.1. The van der Waals surface area contributed by atoms with Gasteiger partial charge in [0.2, 0.25) is 0 Å². The fourth-order valence-electron chi connectivity index (χ4n) is 2.58. The Bertz CT molecular complexity index is 1020. The first-order valence-electron chi connectivity index (χ1n) is 7.25. The summed E-state index contributed by atoms with van der Waals surface area (Å²) in [6.45, 7) is 0. The molecule has 2 aromatic heterocycles. The van der Waals surface area contributed by atoms with Crippen LogP contribution in [-0.2, 0) is 6.18 Å². The van der Waals surface area contributed by atoms with E-state index in [0.717, 1.165) is 18.2 Å². The lowest BCUT2D eigenvalue weighted by Gasteiger charge is -2.13. The summed E-state index contributed by atoms with van der Waals surface area (Å²) in [6.07, 6.45) is -2.73. The molecule has 3 heterocycles. The van der Waals surface area contributed by atoms with Gasteiger partial charge in [0.25, 0.3) is 0 Å². The number of aromatic nitrogens is 3. The van der Waals surface area contributed by atoms with Crippen LogP contribution in [0.5, 0.6) is 0 Å². The van der Waals surface area contributed by atoms with Gasteiger partial charge in [-0.25, -0.2) is 18.8 Å². The van der Waals surface area contributed by atoms with E-state index in [9.17, 15) is 22.0 Å². The molecule has 0 aliphatic carbocycles. The lowest BCUT2D eigenvalue weighted by Crippen LogP contribution is -2.18. The minimum Gasteiger partial charge on any atom is -0.324 e. The van der Waals surface area contributed by atoms with Crippen LogP contribution in [0.25, 0.3) is 11.3 Å². The molecular formula is C16H8F5N5. The largest absolute Gasteiger partial charge is 0.417 e. The number of rotatable bonds is 1. The Hall–Kier alpha value is -3.30. The molecule has 10 heteroatoms. The molecule has 5 nitrogen and oxygen atoms in total. The number of aromatic amines is 1. The zero-order valence-corrected chi connectivity index (χ0v) is 12.7. The van der Waals surface area contributed by atoms with Gasteiger partial charge in [-0.1, -0.05) is 6.07 Å². The van der Waals surface area contributed by atoms with Gasteiger partial charge in [0.1, 0.15) is 29.0 Å². The summed E-state index contributed by atoms with van der Waals surface area (Å²) in [7, 11) is 0. The number of fused-ring (bicyclic) bond motifs is 3. The van der Waals surface area contributed by atoms with Crippen molar-refractivity contribution in [1.82, 2.24) is 15.2 Å². The number of amidine groups is 1. The molecule has 0 saturated heterocycles. The van der Waals surface area contributed by atoms with Gasteiger partial charge in [-0.2, -0.15) is 18.3 Å². The number of alkyl halides is 3. The van der Waals surface area contributed by atoms with Crippen LogP contribution in [0.2, 0.25) is 0 Å². The van der Waals surface area contributed by atoms with E-state index in [1.54, 1.807) is 0 Å². The average molecular weight is 365 g/mol. The van der Waals surface area contributed by atoms with Crippen molar-refractivity contribution in [3.05, 3.63) is 59.4 Å². The molecule has 26 heavy (non-hydrogen) atoms. The Balaban J connectivity index is 1.93. The first kappa shape index (κ1) is 16.2. The number of hydrogen-bond acceptors (Lipinski definition) is 4. The molecule has 0 spiro atoms. The first-order valence-corrected chi connectivity index (χ1v) is 7.25. The summed E-state index contributed by atoms with van der Waals surface area (Å²) in [4.78, 5) is 7.86. The Morgan fingerprint density at radius 1 is 1.00 bits per heavy atom. The van der Waals surface area contributed by atoms with Gasteiger partial charge in [-0.15, -0.1) is 0 Å². The molecule has 1 aliphatic heterocycles. The molecule has 0 atom stereocenters. The Kier molecular flexibility index (Phi) is 3.49. The van der Waals surface area contributed by atoms with Crippen LogP contribution in [0.1, 0.15) is 11.1 Å². The van der Waals surface area contributed by atoms with E-state index in [1.165, 1.54) is 12.3 Å². The molecule has 0 radical (unpaired) electrons. The maximum Gasteiger partial charge on any atom is 0.417 e. The lowest BCUT2D eigenvalue weighted by molar-refractivity contribution is -0.137. The topological polar surface area (TPSA) is 66.0 Å². The van der Waals surface area contributed by atoms with E-state index in [1.807, 2.05) is 0 Å². The third-order valence-corrected chi connectivity index (χ3v) is 3.77. The van der Waals surface area contributed by atoms with Gasteiger partial charge in [-0.05, 0) is 18.2 Å². The van der Waals surface area contributed by atoms with Crippen molar-refractivity contribution in [2.24, 2.45) is 4.99 Å². The summed E-state index contributed by atoms with van der Waals surface area (Å²) in [5.41, 5.74) is -1.12. The highest BCUT2D eigenvalue weighted by Gasteiger charge is 2.33. The second-order valence-corrected chi connectivity index (χ2v) is 5.43. The second kappa shape index (κ2) is 5.61. The molecule has 1 aromatic carbocycles. The smallest absolute Gasteiger partial charge is 0.324 e. The van der Waals surface area contributed by atoms with E-state index < -0.39 is 28.9 Å². The summed E-state index contributed by atoms with van der Waals surface area (Å²) < 4.78 is 67.2. The lowest BCUT2D eigenvalue weighted by atomic mass is 10.1. The molecule has 3 aromatic rings. The van der Waals surface area contributed by atoms with Gasteiger partial charge >= 0.3 is 6.18 Å². The van der Waals surface area contributed by atoms with E-state index in [0.29, 0.717) is 6.20 Å². The van der Waals surface area contributed by atoms with Crippen LogP contribution in [0.3, 0.4) is 0 Å². The number of benzene rings is 1. The highest BCUT2D eigenvalue weighted by atomic mass is 19.4. The highest BCUT2D eigenvalue weighted by molar-refractivity contribution is 6.12. The van der Waals surface area contributed by atoms with Crippen molar-refractivity contribution in [2.75, 3.05) is 5.32 Å². The zero-order valence-electron chi connectivity index (χ0n) is 12.7. The number of nitrogens with one attached hydrogen (secondary N) is 2. The van der Waals surface area contributed by atoms with E-state index in [-0.39, 0.29) is 28.6 Å². The Morgan fingerprint density at radius 2 is 1.73 bits per heavy atom. The number of pyridine rings is 1. The quantitative estimate of drug-likeness (QED) is 0.633. The zero-order chi connectivity index (χ0) is 18.5. The predicted molar refractivity (Wildman–Crippen MR) is 83.0 cm³/mol. The molecular weight excluding hydrogens is 357 g/mol. The van der Waals surface area contributed by atoms with Gasteiger partial charge in [0.15, 0.2) is 0 Å². The molecule has 2 N–H and O–H groups in total. The van der Waals surface area contributed by atoms with Crippen molar-refractivity contribution in [2.45, 2.75) is 6.18 Å². The van der Waals surface area contributed by atoms with Gasteiger partial charge in [-0.3, -0.25) is 5.10 Å². The number of aliphatic imine (C=N–C) groups is 1. The van der Waals surface area contributed by atoms with E-state index in [4.69, 9.17) is 0 Å². The highest BCUT2D eigenvalue weighted by Crippen LogP contribution is 2.39. The average Bonchev–Trinajstić information content (AvgIpc) is 2.96. The second-order valence-electron chi connectivity index (χ2n) is 5.43. The number of nitrogens with zero attached hydrogens (tertiary/aromatic N) is 3. The molecule has 132 valence electrons. The number of hydrogen-bond donors (Lipinski definition) is 2. The Labute approximate surface area is 142 Å². The van der Waals surface area contributed by atoms with E-state index >= 15 is 0 Å². The minimum atomic E-state index is -4.60. The van der Waals surface area contributed by atoms with Crippen LogP contribution >= 0.6 is 0 Å². The van der Waals surface area contributed by atoms with Crippen molar-refractivity contribution in [3.8, 4) is 11.3 Å². The number of H-pyrrole nitrogens is 1. The van der Waals surface area contributed by atoms with Crippen LogP contribution in [-0.4, -0.2) is 21.0 Å². The Morgan fingerprint density at radius 3 is 2.42 bits per heavy atom. The van der Waals surface area contributed by atoms with Crippen molar-refractivity contribution < 1.29 is 22.0 Å². The summed E-state index contributed by atoms with van der Waals surface area (Å²) >= 11 is 0. The van der Waals surface area contributed by atoms with Crippen LogP contribution in [0.4, 0.5) is 33.5 Å². The summed E-state index contributed by atoms with van der Waals surface area (Å²) in [5, 5.41) is 8.91. The SMILES string of the molecule is Fc1cccc(F)c1C1=Nc2cn[nH]c2-c2cc(C(F)(F)F)cnc2N1. The molecule has 4 rings (SSSR count). The molecule has 0 bridgehead atoms. The van der Waals surface area contributed by atoms with E-state index in [2.05, 4.69) is 25.5 Å². The van der Waals surface area contributed by atoms with Crippen molar-refractivity contribution in [1.29, 1.82) is 0 Å². The van der Waals surface area contributed by atoms with Gasteiger partial charge in [0, 0.05) is 11.8 Å². The third-order valence-electron chi connectivity index (χ3n) is 3.77. The monoisotopic (exact) mass is 365 g/mol. The van der Waals surface area contributed by atoms with Crippen LogP contribution in [0, 0.1) is 11.6 Å². The van der Waals surface area contributed by atoms with Crippen LogP contribution < -0.4 is 5.32 Å². The molecule has 0 amide bonds. The van der Waals surface area contributed by atoms with Crippen molar-refractivity contribution in [3.63, 3.8) is 0 Å². The van der Waals surface area contributed by atoms with Crippen LogP contribution in [0.15, 0.2) is 41.7 Å². The standard InChI is InChI=1S/C16H8F5N5/c17-9-2-1-3-10(18)12(9)15-24-11-6-23-26-13(11)8-4-7(16(19,20)21)5-22-14(8)25-15/h1-6H,(H,23,26)(H,22,24,25). The molecule has 0 saturated carbocycles. The number of halogens is 5. The fraction of sp³-hybridized carbons (Fsp3) is 0.0625. The predicted octanol–water partition coefficient (Wildman–Crippen LogP) is 4.27. The number of anilines is 1. The van der Waals surface area contributed by atoms with Gasteiger partial charge in [0.05, 0.1) is 23.0 Å². The summed E-state index contributed by atoms with van der Waals surface area (Å²) in [5.74, 6) is -2.02. The normalized spacial score (nSPS) is 13.3. The van der Waals surface area contributed by atoms with Gasteiger partial charge < -0.3 is 5.32 Å². The molecule has 1 aliphatic rings. The molecule has 0 fully saturated rings. The first-order chi connectivity index (χ1) is 12.3. The summed E-state index contributed by atoms with van der Waals surface area (Å²) in [6, 6.07) is 4.15.